The van der Waals surface area contributed by atoms with Crippen LogP contribution in [-0.4, -0.2) is 21.7 Å². The molecule has 21 heavy (non-hydrogen) atoms. The van der Waals surface area contributed by atoms with Gasteiger partial charge in [-0.2, -0.15) is 0 Å². The van der Waals surface area contributed by atoms with Crippen molar-refractivity contribution in [3.05, 3.63) is 58.5 Å². The maximum absolute atomic E-state index is 11.9. The van der Waals surface area contributed by atoms with E-state index in [4.69, 9.17) is 4.74 Å². The van der Waals surface area contributed by atoms with Gasteiger partial charge in [-0.1, -0.05) is 49.0 Å². The van der Waals surface area contributed by atoms with Crippen LogP contribution in [0.25, 0.3) is 0 Å². The van der Waals surface area contributed by atoms with Gasteiger partial charge in [0.05, 0.1) is 5.92 Å². The molecule has 0 aliphatic rings. The van der Waals surface area contributed by atoms with Gasteiger partial charge >= 0.3 is 5.97 Å². The molecule has 1 atom stereocenters. The molecule has 5 nitrogen and oxygen atoms in total. The summed E-state index contributed by atoms with van der Waals surface area (Å²) in [6, 6.07) is 10.9. The fraction of sp³-hybridized carbons (Fsp3) is 0.267. The van der Waals surface area contributed by atoms with Crippen LogP contribution in [0.1, 0.15) is 12.5 Å². The molecule has 0 aliphatic carbocycles. The van der Waals surface area contributed by atoms with Crippen molar-refractivity contribution in [2.45, 2.75) is 18.7 Å². The lowest BCUT2D eigenvalue weighted by Crippen LogP contribution is -2.17. The van der Waals surface area contributed by atoms with Crippen LogP contribution < -0.4 is 5.56 Å². The normalized spacial score (nSPS) is 11.9. The number of hydrogen-bond acceptors (Lipinski definition) is 5. The lowest BCUT2D eigenvalue weighted by Gasteiger charge is -2.10. The minimum Gasteiger partial charge on any atom is -0.461 e. The molecule has 1 aromatic heterocycles. The first kappa shape index (κ1) is 15.3. The van der Waals surface area contributed by atoms with Crippen LogP contribution in [-0.2, 0) is 16.1 Å². The first-order valence-electron chi connectivity index (χ1n) is 6.54. The van der Waals surface area contributed by atoms with Gasteiger partial charge in [-0.05, 0) is 5.56 Å². The smallest absolute Gasteiger partial charge is 0.309 e. The number of H-pyrrole nitrogens is 1. The number of carbonyl (C=O) groups excluding carboxylic acids is 1. The SMILES string of the molecule is CC(CSc1nccc(=O)[nH]1)C(=O)OCc1ccccc1. The lowest BCUT2D eigenvalue weighted by molar-refractivity contribution is -0.148. The summed E-state index contributed by atoms with van der Waals surface area (Å²) >= 11 is 1.33. The summed E-state index contributed by atoms with van der Waals surface area (Å²) in [6.45, 7) is 2.07. The number of hydrogen-bond donors (Lipinski definition) is 1. The zero-order valence-electron chi connectivity index (χ0n) is 11.6. The van der Waals surface area contributed by atoms with E-state index in [1.807, 2.05) is 30.3 Å². The zero-order chi connectivity index (χ0) is 15.1. The Hall–Kier alpha value is -2.08. The Morgan fingerprint density at radius 3 is 2.81 bits per heavy atom. The Balaban J connectivity index is 1.78. The highest BCUT2D eigenvalue weighted by atomic mass is 32.2. The number of ether oxygens (including phenoxy) is 1. The Bertz CT molecular complexity index is 643. The maximum Gasteiger partial charge on any atom is 0.309 e. The molecule has 2 rings (SSSR count). The van der Waals surface area contributed by atoms with Crippen LogP contribution in [0.4, 0.5) is 0 Å². The number of aromatic amines is 1. The Kier molecular flexibility index (Phi) is 5.57. The summed E-state index contributed by atoms with van der Waals surface area (Å²) in [5, 5.41) is 0.505. The summed E-state index contributed by atoms with van der Waals surface area (Å²) in [5.41, 5.74) is 0.756. The number of esters is 1. The Labute approximate surface area is 126 Å². The minimum atomic E-state index is -0.274. The van der Waals surface area contributed by atoms with E-state index in [1.54, 1.807) is 6.92 Å². The van der Waals surface area contributed by atoms with Crippen molar-refractivity contribution in [2.24, 2.45) is 5.92 Å². The second-order valence-corrected chi connectivity index (χ2v) is 5.55. The van der Waals surface area contributed by atoms with E-state index in [0.29, 0.717) is 10.9 Å². The van der Waals surface area contributed by atoms with E-state index in [2.05, 4.69) is 9.97 Å². The number of benzene rings is 1. The molecular formula is C15H16N2O3S. The van der Waals surface area contributed by atoms with E-state index < -0.39 is 0 Å². The number of nitrogens with one attached hydrogen (secondary N) is 1. The lowest BCUT2D eigenvalue weighted by atomic mass is 10.2. The molecule has 0 amide bonds. The molecule has 6 heteroatoms. The largest absolute Gasteiger partial charge is 0.461 e. The quantitative estimate of drug-likeness (QED) is 0.503. The van der Waals surface area contributed by atoms with Gasteiger partial charge in [0.1, 0.15) is 6.61 Å². The molecule has 1 heterocycles. The van der Waals surface area contributed by atoms with E-state index in [-0.39, 0.29) is 24.1 Å². The summed E-state index contributed by atoms with van der Waals surface area (Å²) in [7, 11) is 0. The molecule has 0 bridgehead atoms. The number of nitrogens with zero attached hydrogens (tertiary/aromatic N) is 1. The van der Waals surface area contributed by atoms with Gasteiger partial charge in [0.15, 0.2) is 5.16 Å². The number of carbonyl (C=O) groups is 1. The zero-order valence-corrected chi connectivity index (χ0v) is 12.4. The first-order chi connectivity index (χ1) is 10.1. The van der Waals surface area contributed by atoms with Gasteiger partial charge in [0.2, 0.25) is 0 Å². The van der Waals surface area contributed by atoms with Gasteiger partial charge < -0.3 is 9.72 Å². The first-order valence-corrected chi connectivity index (χ1v) is 7.52. The molecule has 0 saturated carbocycles. The summed E-state index contributed by atoms with van der Waals surface area (Å²) in [5.74, 6) is -0.0329. The molecule has 0 aliphatic heterocycles. The van der Waals surface area contributed by atoms with Crippen molar-refractivity contribution in [2.75, 3.05) is 5.75 Å². The second kappa shape index (κ2) is 7.64. The fourth-order valence-corrected chi connectivity index (χ4v) is 2.42. The van der Waals surface area contributed by atoms with Gasteiger partial charge in [-0.25, -0.2) is 4.98 Å². The van der Waals surface area contributed by atoms with E-state index >= 15 is 0 Å². The van der Waals surface area contributed by atoms with Crippen molar-refractivity contribution < 1.29 is 9.53 Å². The van der Waals surface area contributed by atoms with Crippen molar-refractivity contribution >= 4 is 17.7 Å². The molecule has 0 fully saturated rings. The number of aromatic nitrogens is 2. The third kappa shape index (κ3) is 5.07. The second-order valence-electron chi connectivity index (χ2n) is 4.54. The Morgan fingerprint density at radius 1 is 1.33 bits per heavy atom. The van der Waals surface area contributed by atoms with Gasteiger partial charge in [0.25, 0.3) is 5.56 Å². The summed E-state index contributed by atoms with van der Waals surface area (Å²) in [6.07, 6.45) is 1.44. The van der Waals surface area contributed by atoms with Crippen LogP contribution in [0.3, 0.4) is 0 Å². The molecule has 2 aromatic rings. The predicted molar refractivity (Wildman–Crippen MR) is 81.0 cm³/mol. The van der Waals surface area contributed by atoms with Crippen LogP contribution in [0, 0.1) is 5.92 Å². The molecule has 1 unspecified atom stereocenters. The third-order valence-electron chi connectivity index (χ3n) is 2.74. The van der Waals surface area contributed by atoms with Crippen molar-refractivity contribution in [3.63, 3.8) is 0 Å². The van der Waals surface area contributed by atoms with Crippen molar-refractivity contribution in [1.29, 1.82) is 0 Å². The summed E-state index contributed by atoms with van der Waals surface area (Å²) in [4.78, 5) is 29.6. The van der Waals surface area contributed by atoms with Gasteiger partial charge in [-0.3, -0.25) is 9.59 Å². The predicted octanol–water partition coefficient (Wildman–Crippen LogP) is 2.24. The highest BCUT2D eigenvalue weighted by Crippen LogP contribution is 2.16. The van der Waals surface area contributed by atoms with Crippen LogP contribution in [0.2, 0.25) is 0 Å². The third-order valence-corrected chi connectivity index (χ3v) is 3.89. The number of thioether (sulfide) groups is 1. The molecule has 0 saturated heterocycles. The van der Waals surface area contributed by atoms with Gasteiger partial charge in [-0.15, -0.1) is 0 Å². The topological polar surface area (TPSA) is 72.0 Å². The summed E-state index contributed by atoms with van der Waals surface area (Å²) < 4.78 is 5.26. The molecule has 0 radical (unpaired) electrons. The molecule has 110 valence electrons. The fourth-order valence-electron chi connectivity index (χ4n) is 1.57. The van der Waals surface area contributed by atoms with E-state index in [0.717, 1.165) is 5.56 Å². The van der Waals surface area contributed by atoms with Crippen LogP contribution >= 0.6 is 11.8 Å². The highest BCUT2D eigenvalue weighted by molar-refractivity contribution is 7.99. The van der Waals surface area contributed by atoms with E-state index in [9.17, 15) is 9.59 Å². The van der Waals surface area contributed by atoms with Crippen LogP contribution in [0.5, 0.6) is 0 Å². The standard InChI is InChI=1S/C15H16N2O3S/c1-11(10-21-15-16-8-7-13(18)17-15)14(19)20-9-12-5-3-2-4-6-12/h2-8,11H,9-10H2,1H3,(H,16,17,18). The molecule has 1 aromatic carbocycles. The van der Waals surface area contributed by atoms with Crippen LogP contribution in [0.15, 0.2) is 52.5 Å². The average Bonchev–Trinajstić information content (AvgIpc) is 2.51. The monoisotopic (exact) mass is 304 g/mol. The molecule has 1 N–H and O–H groups in total. The highest BCUT2D eigenvalue weighted by Gasteiger charge is 2.15. The Morgan fingerprint density at radius 2 is 2.10 bits per heavy atom. The average molecular weight is 304 g/mol. The van der Waals surface area contributed by atoms with E-state index in [1.165, 1.54) is 24.0 Å². The maximum atomic E-state index is 11.9. The number of rotatable bonds is 6. The molecule has 0 spiro atoms. The van der Waals surface area contributed by atoms with Crippen molar-refractivity contribution in [3.8, 4) is 0 Å². The van der Waals surface area contributed by atoms with Gasteiger partial charge in [0, 0.05) is 18.0 Å². The molecular weight excluding hydrogens is 288 g/mol. The van der Waals surface area contributed by atoms with Crippen molar-refractivity contribution in [1.82, 2.24) is 9.97 Å². The minimum absolute atomic E-state index is 0.202.